The van der Waals surface area contributed by atoms with Crippen LogP contribution >= 0.6 is 11.6 Å². The number of halogens is 1. The van der Waals surface area contributed by atoms with Gasteiger partial charge in [0.05, 0.1) is 0 Å². The number of alkyl halides is 1. The van der Waals surface area contributed by atoms with Crippen molar-refractivity contribution in [3.05, 3.63) is 24.3 Å². The number of rotatable bonds is 5. The molecule has 1 aromatic rings. The standard InChI is InChI=1S/C12H17ClN2O/c1-3-15(4-2)11-7-5-10(6-8-11)14-12(16)9-13/h5-8H,3-4,9H2,1-2H3,(H,14,16). The van der Waals surface area contributed by atoms with Gasteiger partial charge in [-0.2, -0.15) is 0 Å². The summed E-state index contributed by atoms with van der Waals surface area (Å²) in [5.41, 5.74) is 1.94. The molecule has 0 unspecified atom stereocenters. The maximum absolute atomic E-state index is 11.1. The van der Waals surface area contributed by atoms with Gasteiger partial charge >= 0.3 is 0 Å². The summed E-state index contributed by atoms with van der Waals surface area (Å²) in [5.74, 6) is -0.199. The van der Waals surface area contributed by atoms with Crippen LogP contribution in [0.1, 0.15) is 13.8 Å². The lowest BCUT2D eigenvalue weighted by atomic mass is 10.2. The van der Waals surface area contributed by atoms with E-state index in [-0.39, 0.29) is 11.8 Å². The van der Waals surface area contributed by atoms with E-state index in [9.17, 15) is 4.79 Å². The lowest BCUT2D eigenvalue weighted by Gasteiger charge is -2.21. The van der Waals surface area contributed by atoms with Crippen molar-refractivity contribution in [2.24, 2.45) is 0 Å². The van der Waals surface area contributed by atoms with E-state index in [2.05, 4.69) is 24.1 Å². The maximum Gasteiger partial charge on any atom is 0.239 e. The molecule has 3 nitrogen and oxygen atoms in total. The minimum atomic E-state index is -0.183. The Morgan fingerprint density at radius 3 is 2.25 bits per heavy atom. The molecular formula is C12H17ClN2O. The van der Waals surface area contributed by atoms with Gasteiger partial charge in [0.25, 0.3) is 0 Å². The fraction of sp³-hybridized carbons (Fsp3) is 0.417. The van der Waals surface area contributed by atoms with Gasteiger partial charge in [0.2, 0.25) is 5.91 Å². The highest BCUT2D eigenvalue weighted by molar-refractivity contribution is 6.29. The Labute approximate surface area is 101 Å². The van der Waals surface area contributed by atoms with Crippen molar-refractivity contribution in [3.63, 3.8) is 0 Å². The summed E-state index contributed by atoms with van der Waals surface area (Å²) in [4.78, 5) is 13.3. The molecule has 0 heterocycles. The zero-order valence-electron chi connectivity index (χ0n) is 9.66. The van der Waals surface area contributed by atoms with Gasteiger partial charge in [-0.15, -0.1) is 11.6 Å². The van der Waals surface area contributed by atoms with E-state index in [1.54, 1.807) is 0 Å². The normalized spacial score (nSPS) is 9.94. The Balaban J connectivity index is 2.70. The molecule has 16 heavy (non-hydrogen) atoms. The van der Waals surface area contributed by atoms with Crippen molar-refractivity contribution < 1.29 is 4.79 Å². The topological polar surface area (TPSA) is 32.3 Å². The molecule has 0 fully saturated rings. The molecule has 1 aromatic carbocycles. The van der Waals surface area contributed by atoms with E-state index in [0.717, 1.165) is 24.5 Å². The van der Waals surface area contributed by atoms with Gasteiger partial charge < -0.3 is 10.2 Å². The minimum Gasteiger partial charge on any atom is -0.372 e. The van der Waals surface area contributed by atoms with Crippen molar-refractivity contribution in [3.8, 4) is 0 Å². The monoisotopic (exact) mass is 240 g/mol. The van der Waals surface area contributed by atoms with Crippen molar-refractivity contribution in [1.29, 1.82) is 0 Å². The Morgan fingerprint density at radius 1 is 1.25 bits per heavy atom. The number of hydrogen-bond donors (Lipinski definition) is 1. The summed E-state index contributed by atoms with van der Waals surface area (Å²) in [6.45, 7) is 6.19. The van der Waals surface area contributed by atoms with Crippen LogP contribution in [0.15, 0.2) is 24.3 Å². The van der Waals surface area contributed by atoms with Crippen LogP contribution in [0.3, 0.4) is 0 Å². The Bertz CT molecular complexity index is 333. The van der Waals surface area contributed by atoms with Crippen LogP contribution in [0.4, 0.5) is 11.4 Å². The Morgan fingerprint density at radius 2 is 1.81 bits per heavy atom. The average molecular weight is 241 g/mol. The number of carbonyl (C=O) groups is 1. The van der Waals surface area contributed by atoms with E-state index in [0.29, 0.717) is 0 Å². The highest BCUT2D eigenvalue weighted by Crippen LogP contribution is 2.17. The van der Waals surface area contributed by atoms with Crippen LogP contribution < -0.4 is 10.2 Å². The first-order valence-electron chi connectivity index (χ1n) is 5.42. The molecule has 0 aliphatic heterocycles. The summed E-state index contributed by atoms with van der Waals surface area (Å²) >= 11 is 5.41. The van der Waals surface area contributed by atoms with Crippen LogP contribution in [0.25, 0.3) is 0 Å². The average Bonchev–Trinajstić information content (AvgIpc) is 2.32. The molecule has 0 saturated carbocycles. The fourth-order valence-electron chi connectivity index (χ4n) is 1.54. The number of carbonyl (C=O) groups excluding carboxylic acids is 1. The first-order chi connectivity index (χ1) is 7.71. The molecule has 1 N–H and O–H groups in total. The predicted molar refractivity (Wildman–Crippen MR) is 69.4 cm³/mol. The smallest absolute Gasteiger partial charge is 0.239 e. The molecule has 88 valence electrons. The Kier molecular flexibility index (Phi) is 5.12. The largest absolute Gasteiger partial charge is 0.372 e. The molecule has 0 spiro atoms. The van der Waals surface area contributed by atoms with Gasteiger partial charge in [0, 0.05) is 24.5 Å². The number of nitrogens with one attached hydrogen (secondary N) is 1. The summed E-state index contributed by atoms with van der Waals surface area (Å²) in [6.07, 6.45) is 0. The van der Waals surface area contributed by atoms with Crippen molar-refractivity contribution >= 4 is 28.9 Å². The van der Waals surface area contributed by atoms with Crippen molar-refractivity contribution in [2.75, 3.05) is 29.2 Å². The van der Waals surface area contributed by atoms with Crippen LogP contribution in [0.2, 0.25) is 0 Å². The summed E-state index contributed by atoms with van der Waals surface area (Å²) < 4.78 is 0. The fourth-order valence-corrected chi connectivity index (χ4v) is 1.61. The molecule has 4 heteroatoms. The molecule has 0 radical (unpaired) electrons. The SMILES string of the molecule is CCN(CC)c1ccc(NC(=O)CCl)cc1. The zero-order chi connectivity index (χ0) is 12.0. The summed E-state index contributed by atoms with van der Waals surface area (Å²) in [7, 11) is 0. The van der Waals surface area contributed by atoms with E-state index >= 15 is 0 Å². The Hall–Kier alpha value is -1.22. The van der Waals surface area contributed by atoms with E-state index < -0.39 is 0 Å². The lowest BCUT2D eigenvalue weighted by Crippen LogP contribution is -2.21. The number of benzene rings is 1. The molecule has 0 aromatic heterocycles. The molecule has 0 bridgehead atoms. The second-order valence-corrected chi connectivity index (χ2v) is 3.67. The summed E-state index contributed by atoms with van der Waals surface area (Å²) in [5, 5.41) is 2.70. The third-order valence-corrected chi connectivity index (χ3v) is 2.64. The van der Waals surface area contributed by atoms with Gasteiger partial charge in [-0.05, 0) is 38.1 Å². The quantitative estimate of drug-likeness (QED) is 0.803. The number of anilines is 2. The molecule has 1 rings (SSSR count). The van der Waals surface area contributed by atoms with Crippen LogP contribution in [-0.4, -0.2) is 24.9 Å². The third kappa shape index (κ3) is 3.42. The molecule has 0 aliphatic carbocycles. The summed E-state index contributed by atoms with van der Waals surface area (Å²) in [6, 6.07) is 7.77. The van der Waals surface area contributed by atoms with E-state index in [4.69, 9.17) is 11.6 Å². The highest BCUT2D eigenvalue weighted by atomic mass is 35.5. The molecule has 0 atom stereocenters. The van der Waals surface area contributed by atoms with Crippen molar-refractivity contribution in [1.82, 2.24) is 0 Å². The van der Waals surface area contributed by atoms with Gasteiger partial charge in [-0.25, -0.2) is 0 Å². The van der Waals surface area contributed by atoms with E-state index in [1.807, 2.05) is 24.3 Å². The predicted octanol–water partition coefficient (Wildman–Crippen LogP) is 2.71. The zero-order valence-corrected chi connectivity index (χ0v) is 10.4. The third-order valence-electron chi connectivity index (χ3n) is 2.40. The van der Waals surface area contributed by atoms with Gasteiger partial charge in [-0.3, -0.25) is 4.79 Å². The minimum absolute atomic E-state index is 0.0161. The second-order valence-electron chi connectivity index (χ2n) is 3.40. The van der Waals surface area contributed by atoms with Crippen molar-refractivity contribution in [2.45, 2.75) is 13.8 Å². The first kappa shape index (κ1) is 12.8. The van der Waals surface area contributed by atoms with Gasteiger partial charge in [0.1, 0.15) is 5.88 Å². The molecule has 1 amide bonds. The molecule has 0 saturated heterocycles. The first-order valence-corrected chi connectivity index (χ1v) is 5.95. The van der Waals surface area contributed by atoms with Crippen LogP contribution in [-0.2, 0) is 4.79 Å². The maximum atomic E-state index is 11.1. The van der Waals surface area contributed by atoms with Gasteiger partial charge in [-0.1, -0.05) is 0 Å². The highest BCUT2D eigenvalue weighted by Gasteiger charge is 2.03. The van der Waals surface area contributed by atoms with Crippen LogP contribution in [0.5, 0.6) is 0 Å². The number of hydrogen-bond acceptors (Lipinski definition) is 2. The van der Waals surface area contributed by atoms with Gasteiger partial charge in [0.15, 0.2) is 0 Å². The lowest BCUT2D eigenvalue weighted by molar-refractivity contribution is -0.113. The van der Waals surface area contributed by atoms with Crippen LogP contribution in [0, 0.1) is 0 Å². The number of amides is 1. The second kappa shape index (κ2) is 6.38. The molecular weight excluding hydrogens is 224 g/mol. The molecule has 0 aliphatic rings. The number of nitrogens with zero attached hydrogens (tertiary/aromatic N) is 1. The van der Waals surface area contributed by atoms with E-state index in [1.165, 1.54) is 0 Å².